The molecule has 1 aromatic heterocycles. The second-order valence-electron chi connectivity index (χ2n) is 5.69. The number of nitrogens with zero attached hydrogens (tertiary/aromatic N) is 2. The number of imide groups is 1. The lowest BCUT2D eigenvalue weighted by Gasteiger charge is -2.19. The van der Waals surface area contributed by atoms with E-state index < -0.39 is 28.0 Å². The average Bonchev–Trinajstić information content (AvgIpc) is 2.94. The van der Waals surface area contributed by atoms with Gasteiger partial charge in [0.1, 0.15) is 11.8 Å². The summed E-state index contributed by atoms with van der Waals surface area (Å²) in [5.74, 6) is 0.144. The molecule has 1 aliphatic rings. The quantitative estimate of drug-likeness (QED) is 0.694. The van der Waals surface area contributed by atoms with Gasteiger partial charge in [-0.2, -0.15) is 4.31 Å². The number of nitrogens with one attached hydrogen (secondary N) is 2. The molecule has 2 N–H and O–H groups in total. The van der Waals surface area contributed by atoms with Gasteiger partial charge in [0.15, 0.2) is 0 Å². The lowest BCUT2D eigenvalue weighted by molar-refractivity contribution is -0.120. The topological polar surface area (TPSA) is 118 Å². The number of urea groups is 1. The van der Waals surface area contributed by atoms with Crippen LogP contribution in [0.25, 0.3) is 0 Å². The standard InChI is InChI=1S/C16H15ClN4O5S/c1-21(9-13-15(22)20-16(23)19-13)27(24,25)12-5-3-11(4-6-12)26-14-7-2-10(17)8-18-14/h2-8,13H,9H2,1H3,(H2,19,20,22,23)/t13-/m0/s1. The Kier molecular flexibility index (Phi) is 5.31. The Hall–Kier alpha value is -2.69. The Morgan fingerprint density at radius 3 is 2.44 bits per heavy atom. The van der Waals surface area contributed by atoms with Crippen molar-refractivity contribution >= 4 is 33.6 Å². The number of benzene rings is 1. The van der Waals surface area contributed by atoms with Crippen molar-refractivity contribution in [3.05, 3.63) is 47.6 Å². The van der Waals surface area contributed by atoms with Crippen LogP contribution in [0.3, 0.4) is 0 Å². The first-order valence-electron chi connectivity index (χ1n) is 7.73. The summed E-state index contributed by atoms with van der Waals surface area (Å²) in [7, 11) is -2.52. The number of ether oxygens (including phenoxy) is 1. The molecule has 1 aliphatic heterocycles. The highest BCUT2D eigenvalue weighted by Crippen LogP contribution is 2.23. The first-order chi connectivity index (χ1) is 12.8. The van der Waals surface area contributed by atoms with E-state index in [-0.39, 0.29) is 11.4 Å². The summed E-state index contributed by atoms with van der Waals surface area (Å²) in [6.07, 6.45) is 1.43. The third-order valence-electron chi connectivity index (χ3n) is 3.75. The summed E-state index contributed by atoms with van der Waals surface area (Å²) < 4.78 is 31.8. The number of likely N-dealkylation sites (N-methyl/N-ethyl adjacent to an activating group) is 1. The predicted molar refractivity (Wildman–Crippen MR) is 96.0 cm³/mol. The van der Waals surface area contributed by atoms with Gasteiger partial charge in [0.25, 0.3) is 5.91 Å². The third kappa shape index (κ3) is 4.35. The van der Waals surface area contributed by atoms with Gasteiger partial charge < -0.3 is 10.1 Å². The number of aromatic nitrogens is 1. The molecule has 1 atom stereocenters. The van der Waals surface area contributed by atoms with Crippen molar-refractivity contribution in [1.82, 2.24) is 19.9 Å². The maximum absolute atomic E-state index is 12.6. The molecule has 0 spiro atoms. The highest BCUT2D eigenvalue weighted by molar-refractivity contribution is 7.89. The summed E-state index contributed by atoms with van der Waals surface area (Å²) >= 11 is 5.76. The number of halogens is 1. The molecule has 0 aliphatic carbocycles. The molecule has 0 bridgehead atoms. The van der Waals surface area contributed by atoms with E-state index in [0.717, 1.165) is 4.31 Å². The first-order valence-corrected chi connectivity index (χ1v) is 9.55. The molecule has 3 amide bonds. The normalized spacial score (nSPS) is 16.9. The Balaban J connectivity index is 1.70. The van der Waals surface area contributed by atoms with Crippen LogP contribution in [-0.4, -0.2) is 49.3 Å². The smallest absolute Gasteiger partial charge is 0.322 e. The van der Waals surface area contributed by atoms with Crippen LogP contribution in [-0.2, 0) is 14.8 Å². The van der Waals surface area contributed by atoms with Crippen LogP contribution in [0.15, 0.2) is 47.5 Å². The summed E-state index contributed by atoms with van der Waals surface area (Å²) in [5, 5.41) is 4.88. The molecule has 9 nitrogen and oxygen atoms in total. The minimum Gasteiger partial charge on any atom is -0.439 e. The van der Waals surface area contributed by atoms with E-state index in [1.54, 1.807) is 12.1 Å². The van der Waals surface area contributed by atoms with Crippen LogP contribution >= 0.6 is 11.6 Å². The van der Waals surface area contributed by atoms with Gasteiger partial charge >= 0.3 is 6.03 Å². The number of hydrogen-bond acceptors (Lipinski definition) is 6. The zero-order valence-corrected chi connectivity index (χ0v) is 15.6. The van der Waals surface area contributed by atoms with E-state index in [2.05, 4.69) is 15.6 Å². The summed E-state index contributed by atoms with van der Waals surface area (Å²) in [4.78, 5) is 26.7. The maximum atomic E-state index is 12.6. The Morgan fingerprint density at radius 1 is 1.19 bits per heavy atom. The molecule has 27 heavy (non-hydrogen) atoms. The Morgan fingerprint density at radius 2 is 1.89 bits per heavy atom. The van der Waals surface area contributed by atoms with Crippen molar-refractivity contribution in [2.75, 3.05) is 13.6 Å². The highest BCUT2D eigenvalue weighted by Gasteiger charge is 2.33. The lowest BCUT2D eigenvalue weighted by Crippen LogP contribution is -2.42. The molecule has 2 heterocycles. The molecule has 1 aromatic carbocycles. The Bertz CT molecular complexity index is 963. The van der Waals surface area contributed by atoms with E-state index in [1.165, 1.54) is 37.5 Å². The number of amides is 3. The Labute approximate surface area is 160 Å². The highest BCUT2D eigenvalue weighted by atomic mass is 35.5. The molecule has 142 valence electrons. The number of carbonyl (C=O) groups is 2. The molecular formula is C16H15ClN4O5S. The van der Waals surface area contributed by atoms with Crippen LogP contribution < -0.4 is 15.4 Å². The number of hydrogen-bond donors (Lipinski definition) is 2. The van der Waals surface area contributed by atoms with Gasteiger partial charge in [-0.3, -0.25) is 10.1 Å². The number of carbonyl (C=O) groups excluding carboxylic acids is 2. The largest absolute Gasteiger partial charge is 0.439 e. The zero-order chi connectivity index (χ0) is 19.6. The van der Waals surface area contributed by atoms with Crippen molar-refractivity contribution < 1.29 is 22.7 Å². The van der Waals surface area contributed by atoms with Gasteiger partial charge in [-0.15, -0.1) is 0 Å². The molecule has 1 saturated heterocycles. The second kappa shape index (κ2) is 7.51. The molecule has 11 heteroatoms. The van der Waals surface area contributed by atoms with Crippen molar-refractivity contribution in [1.29, 1.82) is 0 Å². The van der Waals surface area contributed by atoms with Crippen molar-refractivity contribution in [2.45, 2.75) is 10.9 Å². The van der Waals surface area contributed by atoms with E-state index in [1.807, 2.05) is 0 Å². The number of rotatable bonds is 6. The van der Waals surface area contributed by atoms with Crippen LogP contribution in [0.1, 0.15) is 0 Å². The fourth-order valence-electron chi connectivity index (χ4n) is 2.35. The van der Waals surface area contributed by atoms with Gasteiger partial charge in [-0.25, -0.2) is 18.2 Å². The van der Waals surface area contributed by atoms with Crippen molar-refractivity contribution in [2.24, 2.45) is 0 Å². The minimum atomic E-state index is -3.85. The summed E-state index contributed by atoms with van der Waals surface area (Å²) in [5.41, 5.74) is 0. The van der Waals surface area contributed by atoms with Crippen LogP contribution in [0, 0.1) is 0 Å². The van der Waals surface area contributed by atoms with E-state index in [0.29, 0.717) is 16.7 Å². The van der Waals surface area contributed by atoms with E-state index in [9.17, 15) is 18.0 Å². The molecule has 1 fully saturated rings. The van der Waals surface area contributed by atoms with Gasteiger partial charge in [-0.05, 0) is 30.3 Å². The van der Waals surface area contributed by atoms with Gasteiger partial charge in [0.05, 0.1) is 9.92 Å². The van der Waals surface area contributed by atoms with Gasteiger partial charge in [-0.1, -0.05) is 11.6 Å². The minimum absolute atomic E-state index is 0.0196. The average molecular weight is 411 g/mol. The summed E-state index contributed by atoms with van der Waals surface area (Å²) in [6, 6.07) is 7.36. The van der Waals surface area contributed by atoms with E-state index >= 15 is 0 Å². The molecule has 0 saturated carbocycles. The zero-order valence-electron chi connectivity index (χ0n) is 14.0. The first kappa shape index (κ1) is 19.1. The summed E-state index contributed by atoms with van der Waals surface area (Å²) in [6.45, 7) is -0.188. The molecular weight excluding hydrogens is 396 g/mol. The fraction of sp³-hybridized carbons (Fsp3) is 0.188. The monoisotopic (exact) mass is 410 g/mol. The van der Waals surface area contributed by atoms with Crippen molar-refractivity contribution in [3.8, 4) is 11.6 Å². The SMILES string of the molecule is CN(C[C@@H]1NC(=O)NC1=O)S(=O)(=O)c1ccc(Oc2ccc(Cl)cn2)cc1. The van der Waals surface area contributed by atoms with Crippen LogP contribution in [0.2, 0.25) is 5.02 Å². The van der Waals surface area contributed by atoms with Gasteiger partial charge in [0, 0.05) is 25.9 Å². The van der Waals surface area contributed by atoms with Crippen LogP contribution in [0.4, 0.5) is 4.79 Å². The second-order valence-corrected chi connectivity index (χ2v) is 8.17. The lowest BCUT2D eigenvalue weighted by atomic mass is 10.3. The fourth-order valence-corrected chi connectivity index (χ4v) is 3.64. The number of pyridine rings is 1. The van der Waals surface area contributed by atoms with Gasteiger partial charge in [0.2, 0.25) is 15.9 Å². The van der Waals surface area contributed by atoms with Crippen LogP contribution in [0.5, 0.6) is 11.6 Å². The molecule has 0 radical (unpaired) electrons. The number of sulfonamides is 1. The predicted octanol–water partition coefficient (Wildman–Crippen LogP) is 1.36. The van der Waals surface area contributed by atoms with Crippen molar-refractivity contribution in [3.63, 3.8) is 0 Å². The molecule has 2 aromatic rings. The third-order valence-corrected chi connectivity index (χ3v) is 5.81. The molecule has 0 unspecified atom stereocenters. The molecule has 3 rings (SSSR count). The maximum Gasteiger partial charge on any atom is 0.322 e. The van der Waals surface area contributed by atoms with E-state index in [4.69, 9.17) is 16.3 Å².